The number of carbonyl (C=O) groups is 2. The van der Waals surface area contributed by atoms with Gasteiger partial charge in [0.2, 0.25) is 11.8 Å². The number of nitrogens with zero attached hydrogens (tertiary/aromatic N) is 1. The van der Waals surface area contributed by atoms with Crippen LogP contribution in [0.5, 0.6) is 0 Å². The summed E-state index contributed by atoms with van der Waals surface area (Å²) in [4.78, 5) is 26.8. The molecule has 1 aliphatic rings. The fraction of sp³-hybridized carbons (Fsp3) is 0.579. The maximum atomic E-state index is 12.7. The van der Waals surface area contributed by atoms with Crippen LogP contribution in [-0.4, -0.2) is 48.1 Å². The molecule has 0 aliphatic carbocycles. The average molecular weight is 400 g/mol. The molecule has 26 heavy (non-hydrogen) atoms. The van der Waals surface area contributed by atoms with Gasteiger partial charge in [0, 0.05) is 30.6 Å². The zero-order valence-corrected chi connectivity index (χ0v) is 17.4. The minimum absolute atomic E-state index is 0. The number of thioether (sulfide) groups is 1. The number of nitrogens with one attached hydrogen (secondary N) is 2. The molecule has 0 radical (unpaired) electrons. The van der Waals surface area contributed by atoms with E-state index in [4.69, 9.17) is 0 Å². The Morgan fingerprint density at radius 2 is 1.85 bits per heavy atom. The molecule has 2 N–H and O–H groups in total. The van der Waals surface area contributed by atoms with Gasteiger partial charge in [-0.15, -0.1) is 24.2 Å². The van der Waals surface area contributed by atoms with Gasteiger partial charge in [-0.1, -0.05) is 6.92 Å². The standard InChI is InChI=1S/C19H29N3O2S.ClH/c1-4-20-13-16-9-11-22(12-10-16)19(24)14(2)25-18-7-5-17(6-8-18)21-15(3)23;/h5-8,14,16,20H,4,9-13H2,1-3H3,(H,21,23);1H. The molecule has 1 heterocycles. The van der Waals surface area contributed by atoms with Gasteiger partial charge in [-0.05, 0) is 63.0 Å². The minimum Gasteiger partial charge on any atom is -0.342 e. The van der Waals surface area contributed by atoms with Gasteiger partial charge in [0.15, 0.2) is 0 Å². The number of anilines is 1. The van der Waals surface area contributed by atoms with Gasteiger partial charge in [0.1, 0.15) is 0 Å². The van der Waals surface area contributed by atoms with Gasteiger partial charge in [-0.2, -0.15) is 0 Å². The largest absolute Gasteiger partial charge is 0.342 e. The molecule has 0 aromatic heterocycles. The van der Waals surface area contributed by atoms with E-state index in [0.29, 0.717) is 5.92 Å². The Hall–Kier alpha value is -1.24. The summed E-state index contributed by atoms with van der Waals surface area (Å²) in [5.74, 6) is 0.826. The van der Waals surface area contributed by atoms with Crippen molar-refractivity contribution in [1.29, 1.82) is 0 Å². The molecule has 146 valence electrons. The number of likely N-dealkylation sites (tertiary alicyclic amines) is 1. The normalized spacial score (nSPS) is 15.9. The molecule has 0 bridgehead atoms. The fourth-order valence-corrected chi connectivity index (χ4v) is 3.99. The second-order valence-electron chi connectivity index (χ2n) is 6.54. The van der Waals surface area contributed by atoms with Crippen LogP contribution in [0.2, 0.25) is 0 Å². The predicted octanol–water partition coefficient (Wildman–Crippen LogP) is 3.40. The third kappa shape index (κ3) is 7.17. The second kappa shape index (κ2) is 11.5. The van der Waals surface area contributed by atoms with Crippen molar-refractivity contribution in [3.05, 3.63) is 24.3 Å². The van der Waals surface area contributed by atoms with Crippen molar-refractivity contribution < 1.29 is 9.59 Å². The number of carbonyl (C=O) groups excluding carboxylic acids is 2. The third-order valence-corrected chi connectivity index (χ3v) is 5.54. The lowest BCUT2D eigenvalue weighted by molar-refractivity contribution is -0.131. The highest BCUT2D eigenvalue weighted by atomic mass is 35.5. The molecule has 1 aliphatic heterocycles. The van der Waals surface area contributed by atoms with Gasteiger partial charge in [-0.3, -0.25) is 9.59 Å². The van der Waals surface area contributed by atoms with Crippen molar-refractivity contribution in [1.82, 2.24) is 10.2 Å². The molecule has 2 rings (SSSR count). The molecule has 1 aromatic carbocycles. The average Bonchev–Trinajstić information content (AvgIpc) is 2.61. The quantitative estimate of drug-likeness (QED) is 0.690. The molecular formula is C19H30ClN3O2S. The highest BCUT2D eigenvalue weighted by Gasteiger charge is 2.26. The van der Waals surface area contributed by atoms with E-state index < -0.39 is 0 Å². The van der Waals surface area contributed by atoms with Crippen LogP contribution in [-0.2, 0) is 9.59 Å². The van der Waals surface area contributed by atoms with E-state index in [0.717, 1.165) is 49.6 Å². The highest BCUT2D eigenvalue weighted by Crippen LogP contribution is 2.27. The molecule has 1 aromatic rings. The first kappa shape index (κ1) is 22.8. The Balaban J connectivity index is 0.00000338. The van der Waals surface area contributed by atoms with Gasteiger partial charge in [0.25, 0.3) is 0 Å². The molecule has 1 atom stereocenters. The molecule has 0 spiro atoms. The SMILES string of the molecule is CCNCC1CCN(C(=O)C(C)Sc2ccc(NC(C)=O)cc2)CC1.Cl. The summed E-state index contributed by atoms with van der Waals surface area (Å²) in [6.07, 6.45) is 2.17. The van der Waals surface area contributed by atoms with Gasteiger partial charge in [0.05, 0.1) is 5.25 Å². The molecule has 7 heteroatoms. The first-order valence-electron chi connectivity index (χ1n) is 9.03. The topological polar surface area (TPSA) is 61.4 Å². The predicted molar refractivity (Wildman–Crippen MR) is 111 cm³/mol. The second-order valence-corrected chi connectivity index (χ2v) is 7.96. The van der Waals surface area contributed by atoms with Crippen molar-refractivity contribution in [3.8, 4) is 0 Å². The number of benzene rings is 1. The number of rotatable bonds is 7. The molecule has 2 amide bonds. The Kier molecular flexibility index (Phi) is 10.1. The van der Waals surface area contributed by atoms with Crippen molar-refractivity contribution in [3.63, 3.8) is 0 Å². The van der Waals surface area contributed by atoms with E-state index in [1.54, 1.807) is 11.8 Å². The lowest BCUT2D eigenvalue weighted by Crippen LogP contribution is -2.43. The molecular weight excluding hydrogens is 370 g/mol. The van der Waals surface area contributed by atoms with Gasteiger partial charge < -0.3 is 15.5 Å². The lowest BCUT2D eigenvalue weighted by Gasteiger charge is -2.33. The molecule has 1 saturated heterocycles. The lowest BCUT2D eigenvalue weighted by atomic mass is 9.96. The zero-order chi connectivity index (χ0) is 18.2. The van der Waals surface area contributed by atoms with Crippen LogP contribution in [0.3, 0.4) is 0 Å². The Morgan fingerprint density at radius 3 is 2.38 bits per heavy atom. The molecule has 1 fully saturated rings. The maximum Gasteiger partial charge on any atom is 0.235 e. The minimum atomic E-state index is -0.100. The van der Waals surface area contributed by atoms with Crippen LogP contribution in [0, 0.1) is 5.92 Å². The molecule has 5 nitrogen and oxygen atoms in total. The summed E-state index contributed by atoms with van der Waals surface area (Å²) >= 11 is 1.57. The number of hydrogen-bond acceptors (Lipinski definition) is 4. The summed E-state index contributed by atoms with van der Waals surface area (Å²) in [7, 11) is 0. The summed E-state index contributed by atoms with van der Waals surface area (Å²) in [5, 5.41) is 6.05. The maximum absolute atomic E-state index is 12.7. The zero-order valence-electron chi connectivity index (χ0n) is 15.8. The summed E-state index contributed by atoms with van der Waals surface area (Å²) in [6.45, 7) is 9.38. The molecule has 0 saturated carbocycles. The Labute approximate surface area is 167 Å². The van der Waals surface area contributed by atoms with E-state index in [1.807, 2.05) is 36.1 Å². The summed E-state index contributed by atoms with van der Waals surface area (Å²) in [5.41, 5.74) is 0.776. The fourth-order valence-electron chi connectivity index (χ4n) is 3.04. The van der Waals surface area contributed by atoms with Crippen molar-refractivity contribution in [2.24, 2.45) is 5.92 Å². The van der Waals surface area contributed by atoms with Crippen LogP contribution in [0.1, 0.15) is 33.6 Å². The smallest absolute Gasteiger partial charge is 0.235 e. The Bertz CT molecular complexity index is 575. The van der Waals surface area contributed by atoms with Crippen LogP contribution in [0.25, 0.3) is 0 Å². The van der Waals surface area contributed by atoms with Crippen molar-refractivity contribution in [2.45, 2.75) is 43.8 Å². The third-order valence-electron chi connectivity index (χ3n) is 4.44. The number of halogens is 1. The first-order valence-corrected chi connectivity index (χ1v) is 9.91. The molecule has 1 unspecified atom stereocenters. The number of amides is 2. The van der Waals surface area contributed by atoms with Crippen molar-refractivity contribution in [2.75, 3.05) is 31.5 Å². The van der Waals surface area contributed by atoms with Crippen LogP contribution >= 0.6 is 24.2 Å². The van der Waals surface area contributed by atoms with E-state index in [9.17, 15) is 9.59 Å². The monoisotopic (exact) mass is 399 g/mol. The van der Waals surface area contributed by atoms with Gasteiger partial charge >= 0.3 is 0 Å². The van der Waals surface area contributed by atoms with Gasteiger partial charge in [-0.25, -0.2) is 0 Å². The van der Waals surface area contributed by atoms with E-state index in [2.05, 4.69) is 17.6 Å². The summed E-state index contributed by atoms with van der Waals surface area (Å²) in [6, 6.07) is 7.63. The van der Waals surface area contributed by atoms with Crippen LogP contribution in [0.4, 0.5) is 5.69 Å². The van der Waals surface area contributed by atoms with Crippen LogP contribution in [0.15, 0.2) is 29.2 Å². The van der Waals surface area contributed by atoms with Crippen molar-refractivity contribution >= 4 is 41.7 Å². The van der Waals surface area contributed by atoms with E-state index in [-0.39, 0.29) is 29.5 Å². The first-order chi connectivity index (χ1) is 12.0. The van der Waals surface area contributed by atoms with E-state index >= 15 is 0 Å². The number of piperidine rings is 1. The highest BCUT2D eigenvalue weighted by molar-refractivity contribution is 8.00. The van der Waals surface area contributed by atoms with E-state index in [1.165, 1.54) is 6.92 Å². The number of hydrogen-bond donors (Lipinski definition) is 2. The van der Waals surface area contributed by atoms with Crippen LogP contribution < -0.4 is 10.6 Å². The summed E-state index contributed by atoms with van der Waals surface area (Å²) < 4.78 is 0. The Morgan fingerprint density at radius 1 is 1.23 bits per heavy atom.